The average Bonchev–Trinajstić information content (AvgIpc) is 2.16. The SMILES string of the molecule is CC(=O)O[CH]([Pd])C(=O)[O-].CC(=O)[O-].CC(=O)[O][Pd+2]. The quantitative estimate of drug-likeness (QED) is 0.322. The molecule has 0 radical (unpaired) electrons. The Morgan fingerprint density at radius 1 is 1.06 bits per heavy atom. The van der Waals surface area contributed by atoms with Gasteiger partial charge in [0.2, 0.25) is 0 Å². The van der Waals surface area contributed by atoms with Crippen molar-refractivity contribution in [1.29, 1.82) is 0 Å². The van der Waals surface area contributed by atoms with E-state index in [4.69, 9.17) is 9.90 Å². The van der Waals surface area contributed by atoms with Crippen LogP contribution in [0.25, 0.3) is 0 Å². The van der Waals surface area contributed by atoms with Crippen molar-refractivity contribution in [2.45, 2.75) is 25.3 Å². The van der Waals surface area contributed by atoms with E-state index in [1.807, 2.05) is 0 Å². The van der Waals surface area contributed by atoms with Crippen LogP contribution in [0.5, 0.6) is 0 Å². The molecule has 0 saturated heterocycles. The monoisotopic (exact) mass is 446 g/mol. The molecule has 18 heavy (non-hydrogen) atoms. The molecule has 0 saturated carbocycles. The number of hydrogen-bond donors (Lipinski definition) is 0. The third kappa shape index (κ3) is 36.2. The predicted octanol–water partition coefficient (Wildman–Crippen LogP) is -3.06. The molecule has 0 aromatic carbocycles. The molecule has 1 unspecified atom stereocenters. The first kappa shape index (κ1) is 22.4. The Hall–Kier alpha value is -0.795. The summed E-state index contributed by atoms with van der Waals surface area (Å²) in [5.41, 5.74) is 0. The minimum absolute atomic E-state index is 0.312. The Kier molecular flexibility index (Phi) is 17.7. The molecule has 0 aliphatic carbocycles. The Bertz CT molecular complexity index is 287. The van der Waals surface area contributed by atoms with Crippen LogP contribution in [0.1, 0.15) is 20.8 Å². The van der Waals surface area contributed by atoms with Gasteiger partial charge in [-0.15, -0.1) is 0 Å². The molecule has 0 spiro atoms. The molecule has 8 nitrogen and oxygen atoms in total. The fourth-order valence-corrected chi connectivity index (χ4v) is 0.442. The van der Waals surface area contributed by atoms with Crippen molar-refractivity contribution >= 4 is 23.9 Å². The van der Waals surface area contributed by atoms with E-state index in [1.54, 1.807) is 0 Å². The van der Waals surface area contributed by atoms with E-state index in [9.17, 15) is 19.5 Å². The number of rotatable bonds is 2. The van der Waals surface area contributed by atoms with Gasteiger partial charge in [0.1, 0.15) is 0 Å². The summed E-state index contributed by atoms with van der Waals surface area (Å²) in [6, 6.07) is 0. The van der Waals surface area contributed by atoms with Gasteiger partial charge in [-0.2, -0.15) is 0 Å². The predicted molar refractivity (Wildman–Crippen MR) is 43.0 cm³/mol. The van der Waals surface area contributed by atoms with Gasteiger partial charge in [-0.25, -0.2) is 0 Å². The maximum absolute atomic E-state index is 10.0. The zero-order valence-electron chi connectivity index (χ0n) is 9.48. The molecule has 1 atom stereocenters. The molecule has 0 aliphatic rings. The van der Waals surface area contributed by atoms with E-state index in [0.717, 1.165) is 13.8 Å². The van der Waals surface area contributed by atoms with E-state index < -0.39 is 22.5 Å². The Morgan fingerprint density at radius 3 is 1.39 bits per heavy atom. The molecular weight excluding hydrogens is 437 g/mol. The van der Waals surface area contributed by atoms with Crippen molar-refractivity contribution in [2.75, 3.05) is 0 Å². The van der Waals surface area contributed by atoms with Crippen LogP contribution < -0.4 is 10.2 Å². The van der Waals surface area contributed by atoms with Crippen LogP contribution in [0.4, 0.5) is 0 Å². The van der Waals surface area contributed by atoms with E-state index >= 15 is 0 Å². The number of ether oxygens (including phenoxy) is 1. The molecule has 110 valence electrons. The summed E-state index contributed by atoms with van der Waals surface area (Å²) in [6.45, 7) is 3.41. The number of hydrogen-bond acceptors (Lipinski definition) is 8. The summed E-state index contributed by atoms with van der Waals surface area (Å²) in [6.07, 6.45) is 0. The van der Waals surface area contributed by atoms with Crippen LogP contribution in [0.2, 0.25) is 0 Å². The maximum atomic E-state index is 10.0. The summed E-state index contributed by atoms with van der Waals surface area (Å²) < 4.78 is 6.80. The third-order valence-electron chi connectivity index (χ3n) is 0.524. The second-order valence-corrected chi connectivity index (χ2v) is 3.39. The first-order valence-electron chi connectivity index (χ1n) is 3.97. The first-order valence-corrected chi connectivity index (χ1v) is 5.50. The molecule has 0 aliphatic heterocycles. The van der Waals surface area contributed by atoms with Gasteiger partial charge in [-0.05, 0) is 6.92 Å². The minimum atomic E-state index is -1.45. The molecule has 0 heterocycles. The van der Waals surface area contributed by atoms with Crippen LogP contribution in [-0.2, 0) is 66.2 Å². The Morgan fingerprint density at radius 2 is 1.33 bits per heavy atom. The summed E-state index contributed by atoms with van der Waals surface area (Å²) in [4.78, 5) is 38.3. The molecule has 0 rings (SSSR count). The third-order valence-corrected chi connectivity index (χ3v) is 1.52. The van der Waals surface area contributed by atoms with Gasteiger partial charge >= 0.3 is 103 Å². The summed E-state index contributed by atoms with van der Waals surface area (Å²) in [7, 11) is 0. The van der Waals surface area contributed by atoms with Gasteiger partial charge < -0.3 is 9.90 Å². The Balaban J connectivity index is -0.000000212. The number of carboxylic acids is 2. The van der Waals surface area contributed by atoms with Gasteiger partial charge in [0, 0.05) is 5.97 Å². The van der Waals surface area contributed by atoms with Crippen LogP contribution in [0, 0.1) is 0 Å². The van der Waals surface area contributed by atoms with Crippen LogP contribution in [-0.4, -0.2) is 28.5 Å². The zero-order valence-corrected chi connectivity index (χ0v) is 12.6. The molecule has 0 fully saturated rings. The van der Waals surface area contributed by atoms with E-state index in [-0.39, 0.29) is 5.97 Å². The van der Waals surface area contributed by atoms with Gasteiger partial charge in [-0.3, -0.25) is 0 Å². The van der Waals surface area contributed by atoms with Crippen molar-refractivity contribution in [3.05, 3.63) is 0 Å². The van der Waals surface area contributed by atoms with Gasteiger partial charge in [0.25, 0.3) is 0 Å². The molecule has 0 aromatic rings. The number of carboxylic acid groups (broad SMARTS) is 2. The Labute approximate surface area is 125 Å². The molecule has 0 N–H and O–H groups in total. The standard InChI is InChI=1S/C4H5O4.2C2H4O2.2Pd/c1-3(5)8-2-4(6)7;2*1-2(3)4;;/h2H,1H3,(H,6,7);2*1H3,(H,3,4);;/q;;;;+3/p-3. The van der Waals surface area contributed by atoms with Crippen molar-refractivity contribution in [2.24, 2.45) is 0 Å². The number of carbonyl (C=O) groups is 4. The fraction of sp³-hybridized carbons (Fsp3) is 0.500. The van der Waals surface area contributed by atoms with Crippen molar-refractivity contribution < 1.29 is 76.4 Å². The first-order chi connectivity index (χ1) is 8.04. The fourth-order valence-electron chi connectivity index (χ4n) is 0.184. The zero-order chi connectivity index (χ0) is 15.3. The number of aliphatic carboxylic acids is 2. The van der Waals surface area contributed by atoms with E-state index in [2.05, 4.69) is 47.0 Å². The number of esters is 1. The van der Waals surface area contributed by atoms with Crippen LogP contribution in [0.3, 0.4) is 0 Å². The van der Waals surface area contributed by atoms with Crippen molar-refractivity contribution in [1.82, 2.24) is 0 Å². The molecule has 10 heteroatoms. The van der Waals surface area contributed by atoms with Crippen molar-refractivity contribution in [3.8, 4) is 0 Å². The van der Waals surface area contributed by atoms with Crippen LogP contribution in [0.15, 0.2) is 0 Å². The average molecular weight is 447 g/mol. The number of carbonyl (C=O) groups excluding carboxylic acids is 4. The molecule has 0 bridgehead atoms. The topological polar surface area (TPSA) is 133 Å². The summed E-state index contributed by atoms with van der Waals surface area (Å²) in [5.74, 6) is -3.50. The van der Waals surface area contributed by atoms with Gasteiger partial charge in [0.15, 0.2) is 0 Å². The molecule has 0 amide bonds. The van der Waals surface area contributed by atoms with E-state index in [0.29, 0.717) is 0 Å². The van der Waals surface area contributed by atoms with Gasteiger partial charge in [-0.1, -0.05) is 0 Å². The summed E-state index contributed by atoms with van der Waals surface area (Å²) in [5, 5.41) is 18.7. The molecular formula is C8H10O8Pd2. The van der Waals surface area contributed by atoms with E-state index in [1.165, 1.54) is 6.92 Å². The normalized spacial score (nSPS) is 9.44. The van der Waals surface area contributed by atoms with Crippen molar-refractivity contribution in [3.63, 3.8) is 0 Å². The molecule has 0 aromatic heterocycles. The second-order valence-electron chi connectivity index (χ2n) is 2.26. The second kappa shape index (κ2) is 14.3. The van der Waals surface area contributed by atoms with Crippen LogP contribution >= 0.6 is 0 Å². The summed E-state index contributed by atoms with van der Waals surface area (Å²) >= 11 is 4.52. The van der Waals surface area contributed by atoms with Gasteiger partial charge in [0.05, 0.1) is 0 Å².